The van der Waals surface area contributed by atoms with Crippen LogP contribution >= 0.6 is 0 Å². The second-order valence-electron chi connectivity index (χ2n) is 7.09. The van der Waals surface area contributed by atoms with Crippen molar-refractivity contribution in [1.82, 2.24) is 9.62 Å². The number of nitrogen functional groups attached to an aromatic ring is 1. The van der Waals surface area contributed by atoms with Gasteiger partial charge in [0.2, 0.25) is 10.0 Å². The van der Waals surface area contributed by atoms with Crippen molar-refractivity contribution in [3.63, 3.8) is 0 Å². The minimum atomic E-state index is -3.96. The van der Waals surface area contributed by atoms with Gasteiger partial charge in [0.05, 0.1) is 17.9 Å². The van der Waals surface area contributed by atoms with Crippen LogP contribution in [0.2, 0.25) is 0 Å². The number of aromatic hydroxyl groups is 1. The number of aryl methyl sites for hydroxylation is 1. The molecule has 0 radical (unpaired) electrons. The lowest BCUT2D eigenvalue weighted by Crippen LogP contribution is -2.33. The van der Waals surface area contributed by atoms with Gasteiger partial charge in [-0.1, -0.05) is 0 Å². The SMILES string of the molecule is Cc1ccc(CNC2=NS(=O)N=C2Nc2ccc(N)c(S(=O)(=O)N3CCCC3)c2O)o1. The molecule has 0 amide bonds. The second kappa shape index (κ2) is 8.32. The van der Waals surface area contributed by atoms with Crippen molar-refractivity contribution < 1.29 is 22.2 Å². The van der Waals surface area contributed by atoms with Crippen LogP contribution in [0.1, 0.15) is 24.4 Å². The first-order chi connectivity index (χ1) is 14.8. The minimum Gasteiger partial charge on any atom is -0.504 e. The number of phenols is 1. The Morgan fingerprint density at radius 1 is 1.19 bits per heavy atom. The Balaban J connectivity index is 1.58. The normalized spacial score (nSPS) is 19.3. The highest BCUT2D eigenvalue weighted by Crippen LogP contribution is 2.38. The molecule has 3 heterocycles. The molecular weight excluding hydrogens is 444 g/mol. The Morgan fingerprint density at radius 3 is 2.58 bits per heavy atom. The van der Waals surface area contributed by atoms with Crippen molar-refractivity contribution in [2.24, 2.45) is 8.80 Å². The van der Waals surface area contributed by atoms with Gasteiger partial charge in [-0.3, -0.25) is 0 Å². The molecule has 0 aliphatic carbocycles. The predicted molar refractivity (Wildman–Crippen MR) is 117 cm³/mol. The molecule has 1 atom stereocenters. The molecule has 1 unspecified atom stereocenters. The van der Waals surface area contributed by atoms with Crippen LogP contribution in [0.15, 0.2) is 42.4 Å². The molecule has 2 aromatic rings. The monoisotopic (exact) mass is 466 g/mol. The van der Waals surface area contributed by atoms with Crippen LogP contribution in [0.3, 0.4) is 0 Å². The number of amidine groups is 2. The van der Waals surface area contributed by atoms with E-state index in [1.54, 1.807) is 6.07 Å². The lowest BCUT2D eigenvalue weighted by atomic mass is 10.2. The molecule has 1 aromatic heterocycles. The number of benzene rings is 1. The second-order valence-corrected chi connectivity index (χ2v) is 9.79. The predicted octanol–water partition coefficient (Wildman–Crippen LogP) is 1.25. The molecule has 0 saturated carbocycles. The van der Waals surface area contributed by atoms with Crippen LogP contribution in [0.4, 0.5) is 11.4 Å². The fourth-order valence-electron chi connectivity index (χ4n) is 3.36. The smallest absolute Gasteiger partial charge is 0.269 e. The van der Waals surface area contributed by atoms with E-state index in [2.05, 4.69) is 19.4 Å². The molecule has 1 saturated heterocycles. The maximum Gasteiger partial charge on any atom is 0.269 e. The third kappa shape index (κ3) is 4.29. The maximum atomic E-state index is 13.0. The molecule has 0 spiro atoms. The van der Waals surface area contributed by atoms with Crippen LogP contribution in [0.25, 0.3) is 0 Å². The summed E-state index contributed by atoms with van der Waals surface area (Å²) in [6.07, 6.45) is 1.50. The number of sulfonamides is 1. The van der Waals surface area contributed by atoms with E-state index in [9.17, 15) is 17.7 Å². The summed E-state index contributed by atoms with van der Waals surface area (Å²) in [5.74, 6) is 1.14. The highest BCUT2D eigenvalue weighted by molar-refractivity contribution is 7.89. The summed E-state index contributed by atoms with van der Waals surface area (Å²) in [6.45, 7) is 2.83. The van der Waals surface area contributed by atoms with E-state index >= 15 is 0 Å². The summed E-state index contributed by atoms with van der Waals surface area (Å²) in [4.78, 5) is -0.364. The topological polar surface area (TPSA) is 163 Å². The number of nitrogens with one attached hydrogen (secondary N) is 2. The van der Waals surface area contributed by atoms with Crippen molar-refractivity contribution in [2.45, 2.75) is 31.2 Å². The molecule has 0 bridgehead atoms. The molecule has 31 heavy (non-hydrogen) atoms. The number of hydrogen-bond acceptors (Lipinski definition) is 8. The van der Waals surface area contributed by atoms with Crippen molar-refractivity contribution in [1.29, 1.82) is 0 Å². The van der Waals surface area contributed by atoms with Gasteiger partial charge in [0.25, 0.3) is 11.2 Å². The Bertz CT molecular complexity index is 1200. The van der Waals surface area contributed by atoms with Gasteiger partial charge in [-0.2, -0.15) is 4.31 Å². The highest BCUT2D eigenvalue weighted by atomic mass is 32.2. The highest BCUT2D eigenvalue weighted by Gasteiger charge is 2.33. The number of nitrogens with zero attached hydrogens (tertiary/aromatic N) is 3. The van der Waals surface area contributed by atoms with Gasteiger partial charge in [-0.25, -0.2) is 12.6 Å². The van der Waals surface area contributed by atoms with E-state index < -0.39 is 26.9 Å². The average molecular weight is 467 g/mol. The fraction of sp³-hybridized carbons (Fsp3) is 0.333. The number of furan rings is 1. The van der Waals surface area contributed by atoms with Crippen molar-refractivity contribution in [2.75, 3.05) is 24.1 Å². The summed E-state index contributed by atoms with van der Waals surface area (Å²) < 4.78 is 52.4. The Hall–Kier alpha value is -2.90. The third-order valence-electron chi connectivity index (χ3n) is 4.87. The van der Waals surface area contributed by atoms with E-state index in [0.717, 1.165) is 18.6 Å². The lowest BCUT2D eigenvalue weighted by Gasteiger charge is -2.19. The quantitative estimate of drug-likeness (QED) is 0.378. The molecule has 166 valence electrons. The van der Waals surface area contributed by atoms with Gasteiger partial charge in [0.15, 0.2) is 17.4 Å². The minimum absolute atomic E-state index is 0.0490. The van der Waals surface area contributed by atoms with Crippen LogP contribution in [-0.4, -0.2) is 46.8 Å². The number of phenolic OH excluding ortho intramolecular Hbond substituents is 1. The third-order valence-corrected chi connectivity index (χ3v) is 7.53. The Morgan fingerprint density at radius 2 is 1.90 bits per heavy atom. The Kier molecular flexibility index (Phi) is 5.73. The molecule has 1 aromatic carbocycles. The summed E-state index contributed by atoms with van der Waals surface area (Å²) >= 11 is -1.86. The Labute approximate surface area is 181 Å². The maximum absolute atomic E-state index is 13.0. The summed E-state index contributed by atoms with van der Waals surface area (Å²) in [5.41, 5.74) is 5.88. The summed E-state index contributed by atoms with van der Waals surface area (Å²) in [5, 5.41) is 16.5. The van der Waals surface area contributed by atoms with E-state index in [4.69, 9.17) is 10.2 Å². The lowest BCUT2D eigenvalue weighted by molar-refractivity contribution is 0.446. The number of anilines is 2. The van der Waals surface area contributed by atoms with E-state index in [1.165, 1.54) is 16.4 Å². The summed E-state index contributed by atoms with van der Waals surface area (Å²) in [6, 6.07) is 6.41. The van der Waals surface area contributed by atoms with Crippen molar-refractivity contribution in [3.05, 3.63) is 35.8 Å². The molecule has 2 aliphatic rings. The first kappa shape index (κ1) is 21.3. The van der Waals surface area contributed by atoms with Crippen molar-refractivity contribution in [3.8, 4) is 5.75 Å². The zero-order valence-electron chi connectivity index (χ0n) is 16.7. The van der Waals surface area contributed by atoms with Gasteiger partial charge < -0.3 is 25.9 Å². The van der Waals surface area contributed by atoms with Crippen LogP contribution in [0, 0.1) is 6.92 Å². The molecule has 1 fully saturated rings. The van der Waals surface area contributed by atoms with Gasteiger partial charge in [0.1, 0.15) is 16.4 Å². The molecule has 4 rings (SSSR count). The van der Waals surface area contributed by atoms with E-state index in [-0.39, 0.29) is 34.5 Å². The number of rotatable bonds is 5. The van der Waals surface area contributed by atoms with Gasteiger partial charge in [-0.05, 0) is 44.0 Å². The van der Waals surface area contributed by atoms with Crippen LogP contribution < -0.4 is 16.4 Å². The standard InChI is InChI=1S/C18H22N6O5S2/c1-11-4-5-12(29-11)10-20-17-18(23-30(26)22-17)21-14-7-6-13(19)16(15(14)25)31(27,28)24-8-2-3-9-24/h4-7,25H,2-3,8-10,19H2,1H3,(H,20,22)(H,21,23). The summed E-state index contributed by atoms with van der Waals surface area (Å²) in [7, 11) is -3.96. The fourth-order valence-corrected chi connectivity index (χ4v) is 5.71. The molecule has 13 heteroatoms. The zero-order chi connectivity index (χ0) is 22.2. The first-order valence-electron chi connectivity index (χ1n) is 9.53. The average Bonchev–Trinajstić information content (AvgIpc) is 3.44. The molecule has 11 nitrogen and oxygen atoms in total. The largest absolute Gasteiger partial charge is 0.504 e. The first-order valence-corrected chi connectivity index (χ1v) is 12.0. The molecule has 5 N–H and O–H groups in total. The number of nitrogens with two attached hydrogens (primary N) is 1. The van der Waals surface area contributed by atoms with E-state index in [1.807, 2.05) is 13.0 Å². The van der Waals surface area contributed by atoms with Gasteiger partial charge >= 0.3 is 0 Å². The van der Waals surface area contributed by atoms with Gasteiger partial charge in [0, 0.05) is 13.1 Å². The molecular formula is C18H22N6O5S2. The van der Waals surface area contributed by atoms with Crippen molar-refractivity contribution >= 4 is 44.2 Å². The van der Waals surface area contributed by atoms with Crippen LogP contribution in [0.5, 0.6) is 5.75 Å². The van der Waals surface area contributed by atoms with Gasteiger partial charge in [-0.15, -0.1) is 8.80 Å². The molecule has 2 aliphatic heterocycles. The number of hydrogen-bond donors (Lipinski definition) is 4. The van der Waals surface area contributed by atoms with Crippen LogP contribution in [-0.2, 0) is 27.7 Å². The van der Waals surface area contributed by atoms with E-state index in [0.29, 0.717) is 18.8 Å². The zero-order valence-corrected chi connectivity index (χ0v) is 18.3.